The van der Waals surface area contributed by atoms with Crippen LogP contribution in [0.3, 0.4) is 0 Å². The lowest BCUT2D eigenvalue weighted by Crippen LogP contribution is -2.45. The number of amides is 2. The average molecular weight is 282 g/mol. The first-order valence-corrected chi connectivity index (χ1v) is 6.67. The van der Waals surface area contributed by atoms with E-state index in [1.165, 1.54) is 0 Å². The van der Waals surface area contributed by atoms with Gasteiger partial charge in [0.1, 0.15) is 0 Å². The molecule has 2 atom stereocenters. The molecule has 1 rings (SSSR count). The van der Waals surface area contributed by atoms with Crippen molar-refractivity contribution in [2.75, 3.05) is 6.54 Å². The summed E-state index contributed by atoms with van der Waals surface area (Å²) in [5.74, 6) is -1.54. The van der Waals surface area contributed by atoms with Gasteiger partial charge in [-0.2, -0.15) is 5.10 Å². The van der Waals surface area contributed by atoms with Gasteiger partial charge in [-0.3, -0.25) is 9.89 Å². The standard InChI is InChI=1S/C13H22N4O3/c1-8(12(18)19)9(2)16-13(20)14-6-4-5-11-7-15-17-10(11)3/h7-9H,4-6H2,1-3H3,(H,15,17)(H,18,19)(H2,14,16,20). The summed E-state index contributed by atoms with van der Waals surface area (Å²) in [5, 5.41) is 21.0. The van der Waals surface area contributed by atoms with Crippen LogP contribution in [0.1, 0.15) is 31.5 Å². The Kier molecular flexibility index (Phi) is 6.02. The van der Waals surface area contributed by atoms with Crippen molar-refractivity contribution >= 4 is 12.0 Å². The molecule has 1 aromatic heterocycles. The second kappa shape index (κ2) is 7.52. The van der Waals surface area contributed by atoms with Crippen molar-refractivity contribution in [2.45, 2.75) is 39.7 Å². The SMILES string of the molecule is Cc1[nH]ncc1CCCNC(=O)NC(C)C(C)C(=O)O. The summed E-state index contributed by atoms with van der Waals surface area (Å²) in [5.41, 5.74) is 2.18. The Morgan fingerprint density at radius 3 is 2.70 bits per heavy atom. The van der Waals surface area contributed by atoms with Gasteiger partial charge in [-0.1, -0.05) is 0 Å². The molecule has 0 spiro atoms. The number of hydrogen-bond acceptors (Lipinski definition) is 3. The molecule has 20 heavy (non-hydrogen) atoms. The second-order valence-electron chi connectivity index (χ2n) is 4.94. The minimum Gasteiger partial charge on any atom is -0.481 e. The summed E-state index contributed by atoms with van der Waals surface area (Å²) in [4.78, 5) is 22.3. The van der Waals surface area contributed by atoms with Crippen molar-refractivity contribution < 1.29 is 14.7 Å². The molecule has 0 aliphatic rings. The summed E-state index contributed by atoms with van der Waals surface area (Å²) < 4.78 is 0. The normalized spacial score (nSPS) is 13.6. The third-order valence-corrected chi connectivity index (χ3v) is 3.34. The van der Waals surface area contributed by atoms with E-state index >= 15 is 0 Å². The third kappa shape index (κ3) is 4.91. The lowest BCUT2D eigenvalue weighted by molar-refractivity contribution is -0.141. The lowest BCUT2D eigenvalue weighted by atomic mass is 10.0. The van der Waals surface area contributed by atoms with E-state index in [0.717, 1.165) is 24.1 Å². The van der Waals surface area contributed by atoms with Crippen LogP contribution in [0.5, 0.6) is 0 Å². The molecule has 0 aromatic carbocycles. The number of carboxylic acids is 1. The maximum absolute atomic E-state index is 11.6. The number of aromatic amines is 1. The maximum Gasteiger partial charge on any atom is 0.315 e. The zero-order chi connectivity index (χ0) is 15.1. The van der Waals surface area contributed by atoms with Gasteiger partial charge < -0.3 is 15.7 Å². The fourth-order valence-corrected chi connectivity index (χ4v) is 1.71. The first kappa shape index (κ1) is 16.0. The summed E-state index contributed by atoms with van der Waals surface area (Å²) in [7, 11) is 0. The molecule has 0 aliphatic carbocycles. The minimum atomic E-state index is -0.923. The van der Waals surface area contributed by atoms with E-state index in [-0.39, 0.29) is 6.03 Å². The van der Waals surface area contributed by atoms with Gasteiger partial charge in [0.05, 0.1) is 12.1 Å². The van der Waals surface area contributed by atoms with Crippen molar-refractivity contribution in [1.29, 1.82) is 0 Å². The van der Waals surface area contributed by atoms with E-state index in [0.29, 0.717) is 6.54 Å². The third-order valence-electron chi connectivity index (χ3n) is 3.34. The van der Waals surface area contributed by atoms with Crippen LogP contribution >= 0.6 is 0 Å². The van der Waals surface area contributed by atoms with Crippen LogP contribution in [0.25, 0.3) is 0 Å². The Hall–Kier alpha value is -2.05. The molecule has 4 N–H and O–H groups in total. The molecule has 7 nitrogen and oxygen atoms in total. The zero-order valence-electron chi connectivity index (χ0n) is 12.1. The lowest BCUT2D eigenvalue weighted by Gasteiger charge is -2.18. The highest BCUT2D eigenvalue weighted by molar-refractivity contribution is 5.76. The summed E-state index contributed by atoms with van der Waals surface area (Å²) >= 11 is 0. The monoisotopic (exact) mass is 282 g/mol. The molecular formula is C13H22N4O3. The molecule has 2 amide bonds. The zero-order valence-corrected chi connectivity index (χ0v) is 12.1. The Morgan fingerprint density at radius 2 is 2.15 bits per heavy atom. The predicted octanol–water partition coefficient (Wildman–Crippen LogP) is 1.06. The van der Waals surface area contributed by atoms with E-state index < -0.39 is 17.9 Å². The number of carbonyl (C=O) groups is 2. The van der Waals surface area contributed by atoms with Gasteiger partial charge in [0.15, 0.2) is 0 Å². The summed E-state index contributed by atoms with van der Waals surface area (Å²) in [6, 6.07) is -0.752. The van der Waals surface area contributed by atoms with E-state index in [4.69, 9.17) is 5.11 Å². The number of nitrogens with one attached hydrogen (secondary N) is 3. The Morgan fingerprint density at radius 1 is 1.45 bits per heavy atom. The van der Waals surface area contributed by atoms with Gasteiger partial charge in [-0.05, 0) is 39.2 Å². The molecule has 0 saturated carbocycles. The van der Waals surface area contributed by atoms with Gasteiger partial charge in [0.2, 0.25) is 0 Å². The number of carbonyl (C=O) groups excluding carboxylic acids is 1. The molecule has 0 saturated heterocycles. The Bertz CT molecular complexity index is 458. The van der Waals surface area contributed by atoms with Crippen molar-refractivity contribution in [3.8, 4) is 0 Å². The number of nitrogens with zero attached hydrogens (tertiary/aromatic N) is 1. The molecular weight excluding hydrogens is 260 g/mol. The fraction of sp³-hybridized carbons (Fsp3) is 0.615. The number of aliphatic carboxylic acids is 1. The molecule has 7 heteroatoms. The molecule has 0 bridgehead atoms. The molecule has 112 valence electrons. The second-order valence-corrected chi connectivity index (χ2v) is 4.94. The average Bonchev–Trinajstić information content (AvgIpc) is 2.79. The summed E-state index contributed by atoms with van der Waals surface area (Å²) in [6.07, 6.45) is 3.42. The van der Waals surface area contributed by atoms with Crippen LogP contribution in [0.15, 0.2) is 6.20 Å². The number of urea groups is 1. The minimum absolute atomic E-state index is 0.338. The van der Waals surface area contributed by atoms with Crippen LogP contribution in [-0.2, 0) is 11.2 Å². The van der Waals surface area contributed by atoms with Crippen LogP contribution in [0.4, 0.5) is 4.79 Å². The number of aryl methyl sites for hydroxylation is 2. The highest BCUT2D eigenvalue weighted by Crippen LogP contribution is 2.05. The van der Waals surface area contributed by atoms with E-state index in [9.17, 15) is 9.59 Å². The van der Waals surface area contributed by atoms with Crippen LogP contribution in [0, 0.1) is 12.8 Å². The van der Waals surface area contributed by atoms with Crippen molar-refractivity contribution in [1.82, 2.24) is 20.8 Å². The van der Waals surface area contributed by atoms with E-state index in [2.05, 4.69) is 20.8 Å². The Labute approximate surface area is 118 Å². The van der Waals surface area contributed by atoms with Crippen molar-refractivity contribution in [3.05, 3.63) is 17.5 Å². The topological polar surface area (TPSA) is 107 Å². The summed E-state index contributed by atoms with van der Waals surface area (Å²) in [6.45, 7) is 5.73. The van der Waals surface area contributed by atoms with Gasteiger partial charge in [0, 0.05) is 18.3 Å². The van der Waals surface area contributed by atoms with Gasteiger partial charge >= 0.3 is 12.0 Å². The first-order valence-electron chi connectivity index (χ1n) is 6.67. The van der Waals surface area contributed by atoms with Crippen LogP contribution in [0.2, 0.25) is 0 Å². The predicted molar refractivity (Wildman–Crippen MR) is 74.4 cm³/mol. The smallest absolute Gasteiger partial charge is 0.315 e. The number of hydrogen-bond donors (Lipinski definition) is 4. The quantitative estimate of drug-likeness (QED) is 0.561. The molecule has 0 fully saturated rings. The molecule has 1 heterocycles. The van der Waals surface area contributed by atoms with Crippen LogP contribution in [-0.4, -0.2) is 39.9 Å². The maximum atomic E-state index is 11.6. The largest absolute Gasteiger partial charge is 0.481 e. The van der Waals surface area contributed by atoms with E-state index in [1.54, 1.807) is 20.0 Å². The molecule has 0 radical (unpaired) electrons. The number of carboxylic acid groups (broad SMARTS) is 1. The van der Waals surface area contributed by atoms with E-state index in [1.807, 2.05) is 6.92 Å². The highest BCUT2D eigenvalue weighted by atomic mass is 16.4. The van der Waals surface area contributed by atoms with Gasteiger partial charge in [-0.25, -0.2) is 4.79 Å². The fourth-order valence-electron chi connectivity index (χ4n) is 1.71. The number of H-pyrrole nitrogens is 1. The first-order chi connectivity index (χ1) is 9.41. The number of aromatic nitrogens is 2. The molecule has 0 aliphatic heterocycles. The van der Waals surface area contributed by atoms with Crippen molar-refractivity contribution in [2.24, 2.45) is 5.92 Å². The Balaban J connectivity index is 2.20. The van der Waals surface area contributed by atoms with Gasteiger partial charge in [-0.15, -0.1) is 0 Å². The number of rotatable bonds is 7. The van der Waals surface area contributed by atoms with Crippen molar-refractivity contribution in [3.63, 3.8) is 0 Å². The molecule has 2 unspecified atom stereocenters. The molecule has 1 aromatic rings. The van der Waals surface area contributed by atoms with Gasteiger partial charge in [0.25, 0.3) is 0 Å². The van der Waals surface area contributed by atoms with Crippen LogP contribution < -0.4 is 10.6 Å². The highest BCUT2D eigenvalue weighted by Gasteiger charge is 2.20.